The predicted molar refractivity (Wildman–Crippen MR) is 111 cm³/mol. The van der Waals surface area contributed by atoms with Crippen LogP contribution in [-0.4, -0.2) is 46.2 Å². The number of rotatable bonds is 3. The molecule has 0 spiro atoms. The Hall–Kier alpha value is -2.92. The van der Waals surface area contributed by atoms with E-state index in [1.165, 1.54) is 30.1 Å². The lowest BCUT2D eigenvalue weighted by Gasteiger charge is -2.32. The van der Waals surface area contributed by atoms with Crippen LogP contribution in [0.1, 0.15) is 43.7 Å². The molecule has 0 unspecified atom stereocenters. The van der Waals surface area contributed by atoms with Gasteiger partial charge in [0, 0.05) is 11.6 Å². The number of nitrogens with zero attached hydrogens (tertiary/aromatic N) is 3. The second-order valence-corrected chi connectivity index (χ2v) is 8.53. The van der Waals surface area contributed by atoms with E-state index in [0.29, 0.717) is 16.4 Å². The van der Waals surface area contributed by atoms with E-state index in [-0.39, 0.29) is 11.4 Å². The fraction of sp³-hybridized carbons (Fsp3) is 0.381. The summed E-state index contributed by atoms with van der Waals surface area (Å²) in [6, 6.07) is 6.78. The molecule has 1 aliphatic rings. The van der Waals surface area contributed by atoms with Crippen LogP contribution in [0.5, 0.6) is 0 Å². The van der Waals surface area contributed by atoms with E-state index in [1.807, 2.05) is 27.7 Å². The number of alkyl halides is 3. The molecular weight excluding hydrogens is 426 g/mol. The molecule has 0 saturated carbocycles. The molecule has 168 valence electrons. The van der Waals surface area contributed by atoms with Gasteiger partial charge < -0.3 is 14.0 Å². The maximum Gasteiger partial charge on any atom is 0.494 e. The van der Waals surface area contributed by atoms with Crippen molar-refractivity contribution in [3.8, 4) is 5.82 Å². The Bertz CT molecular complexity index is 1190. The fourth-order valence-electron chi connectivity index (χ4n) is 3.37. The molecule has 2 aromatic heterocycles. The van der Waals surface area contributed by atoms with Crippen molar-refractivity contribution in [1.29, 1.82) is 0 Å². The second-order valence-electron chi connectivity index (χ2n) is 8.53. The van der Waals surface area contributed by atoms with Crippen LogP contribution >= 0.6 is 0 Å². The van der Waals surface area contributed by atoms with Gasteiger partial charge in [0.1, 0.15) is 5.69 Å². The number of methoxy groups -OCH3 is 1. The Kier molecular flexibility index (Phi) is 5.09. The maximum absolute atomic E-state index is 13.1. The van der Waals surface area contributed by atoms with E-state index in [9.17, 15) is 18.0 Å². The van der Waals surface area contributed by atoms with E-state index in [1.54, 1.807) is 12.1 Å². The van der Waals surface area contributed by atoms with Gasteiger partial charge in [0.2, 0.25) is 0 Å². The first kappa shape index (κ1) is 22.3. The maximum atomic E-state index is 13.1. The quantitative estimate of drug-likeness (QED) is 0.452. The molecule has 0 atom stereocenters. The summed E-state index contributed by atoms with van der Waals surface area (Å²) in [7, 11) is 0.485. The molecule has 1 fully saturated rings. The number of ether oxygens (including phenoxy) is 1. The van der Waals surface area contributed by atoms with Gasteiger partial charge >= 0.3 is 19.3 Å². The average molecular weight is 447 g/mol. The summed E-state index contributed by atoms with van der Waals surface area (Å²) < 4.78 is 57.4. The number of benzene rings is 1. The SMILES string of the molecule is COC(=O)c1cc(B2OC(C)(C)C(C)(C)O2)cc2nn(-c3cccc(C(F)(F)F)n3)cc12. The van der Waals surface area contributed by atoms with Gasteiger partial charge in [-0.25, -0.2) is 14.5 Å². The molecular formula is C21H21BF3N3O4. The summed E-state index contributed by atoms with van der Waals surface area (Å²) in [5.41, 5.74) is -1.15. The van der Waals surface area contributed by atoms with Gasteiger partial charge in [-0.1, -0.05) is 6.07 Å². The van der Waals surface area contributed by atoms with E-state index in [0.717, 1.165) is 6.07 Å². The third-order valence-electron chi connectivity index (χ3n) is 5.84. The van der Waals surface area contributed by atoms with Crippen molar-refractivity contribution in [3.05, 3.63) is 47.8 Å². The van der Waals surface area contributed by atoms with E-state index < -0.39 is 36.2 Å². The topological polar surface area (TPSA) is 75.5 Å². The van der Waals surface area contributed by atoms with Crippen molar-refractivity contribution >= 4 is 29.5 Å². The van der Waals surface area contributed by atoms with Crippen LogP contribution in [0.3, 0.4) is 0 Å². The fourth-order valence-corrected chi connectivity index (χ4v) is 3.37. The average Bonchev–Trinajstić information content (AvgIpc) is 3.24. The Labute approximate surface area is 182 Å². The summed E-state index contributed by atoms with van der Waals surface area (Å²) in [6.45, 7) is 7.61. The molecule has 1 aromatic carbocycles. The molecule has 0 N–H and O–H groups in total. The van der Waals surface area contributed by atoms with Crippen LogP contribution in [0, 0.1) is 0 Å². The summed E-state index contributed by atoms with van der Waals surface area (Å²) >= 11 is 0. The van der Waals surface area contributed by atoms with Crippen LogP contribution in [0.4, 0.5) is 13.2 Å². The number of aromatic nitrogens is 3. The van der Waals surface area contributed by atoms with Crippen LogP contribution in [-0.2, 0) is 20.2 Å². The third-order valence-corrected chi connectivity index (χ3v) is 5.84. The largest absolute Gasteiger partial charge is 0.494 e. The lowest BCUT2D eigenvalue weighted by atomic mass is 9.78. The summed E-state index contributed by atoms with van der Waals surface area (Å²) in [6.07, 6.45) is -3.15. The standard InChI is InChI=1S/C21H21BF3N3O4/c1-19(2)20(3,4)32-22(31-19)12-9-13(18(29)30-5)14-11-28(27-15(14)10-12)17-8-6-7-16(26-17)21(23,24)25/h6-11H,1-5H3. The summed E-state index contributed by atoms with van der Waals surface area (Å²) in [4.78, 5) is 16.1. The third kappa shape index (κ3) is 3.75. The number of carbonyl (C=O) groups excluding carboxylic acids is 1. The van der Waals surface area contributed by atoms with Crippen LogP contribution < -0.4 is 5.46 Å². The Morgan fingerprint density at radius 1 is 1.12 bits per heavy atom. The van der Waals surface area contributed by atoms with Crippen LogP contribution in [0.2, 0.25) is 0 Å². The van der Waals surface area contributed by atoms with Crippen molar-refractivity contribution in [2.24, 2.45) is 0 Å². The number of esters is 1. The Morgan fingerprint density at radius 2 is 1.78 bits per heavy atom. The van der Waals surface area contributed by atoms with Crippen molar-refractivity contribution in [2.45, 2.75) is 45.1 Å². The lowest BCUT2D eigenvalue weighted by Crippen LogP contribution is -2.41. The summed E-state index contributed by atoms with van der Waals surface area (Å²) in [5.74, 6) is -0.658. The summed E-state index contributed by atoms with van der Waals surface area (Å²) in [5, 5.41) is 4.76. The number of fused-ring (bicyclic) bond motifs is 1. The molecule has 0 bridgehead atoms. The molecule has 0 aliphatic carbocycles. The number of pyridine rings is 1. The first-order chi connectivity index (χ1) is 14.8. The van der Waals surface area contributed by atoms with Crippen molar-refractivity contribution in [1.82, 2.24) is 14.8 Å². The zero-order chi connectivity index (χ0) is 23.5. The van der Waals surface area contributed by atoms with Crippen LogP contribution in [0.15, 0.2) is 36.5 Å². The van der Waals surface area contributed by atoms with Gasteiger partial charge in [-0.2, -0.15) is 18.3 Å². The van der Waals surface area contributed by atoms with Gasteiger partial charge in [-0.05, 0) is 57.4 Å². The second kappa shape index (κ2) is 7.31. The molecule has 3 heterocycles. The van der Waals surface area contributed by atoms with Gasteiger partial charge in [-0.15, -0.1) is 0 Å². The van der Waals surface area contributed by atoms with Gasteiger partial charge in [0.25, 0.3) is 0 Å². The van der Waals surface area contributed by atoms with Crippen molar-refractivity contribution < 1.29 is 32.0 Å². The zero-order valence-corrected chi connectivity index (χ0v) is 18.1. The number of carbonyl (C=O) groups is 1. The highest BCUT2D eigenvalue weighted by atomic mass is 19.4. The molecule has 11 heteroatoms. The molecule has 3 aromatic rings. The minimum atomic E-state index is -4.59. The normalized spacial score (nSPS) is 17.7. The number of hydrogen-bond donors (Lipinski definition) is 0. The molecule has 4 rings (SSSR count). The molecule has 32 heavy (non-hydrogen) atoms. The van der Waals surface area contributed by atoms with E-state index >= 15 is 0 Å². The molecule has 7 nitrogen and oxygen atoms in total. The zero-order valence-electron chi connectivity index (χ0n) is 18.1. The molecule has 1 saturated heterocycles. The smallest absolute Gasteiger partial charge is 0.465 e. The highest BCUT2D eigenvalue weighted by Crippen LogP contribution is 2.37. The molecule has 0 radical (unpaired) electrons. The van der Waals surface area contributed by atoms with Crippen molar-refractivity contribution in [2.75, 3.05) is 7.11 Å². The Morgan fingerprint density at radius 3 is 2.38 bits per heavy atom. The first-order valence-corrected chi connectivity index (χ1v) is 9.84. The lowest BCUT2D eigenvalue weighted by molar-refractivity contribution is -0.141. The van der Waals surface area contributed by atoms with E-state index in [2.05, 4.69) is 10.1 Å². The predicted octanol–water partition coefficient (Wildman–Crippen LogP) is 3.53. The monoisotopic (exact) mass is 447 g/mol. The minimum absolute atomic E-state index is 0.0379. The highest BCUT2D eigenvalue weighted by Gasteiger charge is 2.52. The van der Waals surface area contributed by atoms with Gasteiger partial charge in [0.05, 0.1) is 29.4 Å². The Balaban J connectivity index is 1.83. The molecule has 1 aliphatic heterocycles. The minimum Gasteiger partial charge on any atom is -0.465 e. The van der Waals surface area contributed by atoms with Gasteiger partial charge in [0.15, 0.2) is 5.82 Å². The van der Waals surface area contributed by atoms with Crippen LogP contribution in [0.25, 0.3) is 16.7 Å². The highest BCUT2D eigenvalue weighted by molar-refractivity contribution is 6.62. The number of halogens is 3. The first-order valence-electron chi connectivity index (χ1n) is 9.84. The van der Waals surface area contributed by atoms with Gasteiger partial charge in [-0.3, -0.25) is 0 Å². The molecule has 0 amide bonds. The number of hydrogen-bond acceptors (Lipinski definition) is 6. The van der Waals surface area contributed by atoms with E-state index in [4.69, 9.17) is 14.0 Å². The van der Waals surface area contributed by atoms with Crippen molar-refractivity contribution in [3.63, 3.8) is 0 Å².